The number of benzene rings is 4. The zero-order chi connectivity index (χ0) is 47.0. The minimum Gasteiger partial charge on any atom is -0.493 e. The molecule has 6 N–H and O–H groups in total. The molecule has 0 aliphatic carbocycles. The van der Waals surface area contributed by atoms with Crippen molar-refractivity contribution in [3.8, 4) is 17.2 Å². The Morgan fingerprint density at radius 1 is 0.848 bits per heavy atom. The molecule has 66 heavy (non-hydrogen) atoms. The minimum absolute atomic E-state index is 0.00182. The Bertz CT molecular complexity index is 3010. The molecule has 6 aromatic rings. The first-order chi connectivity index (χ1) is 31.5. The summed E-state index contributed by atoms with van der Waals surface area (Å²) in [5, 5.41) is 11.8. The van der Waals surface area contributed by atoms with Crippen molar-refractivity contribution in [3.05, 3.63) is 119 Å². The van der Waals surface area contributed by atoms with Crippen molar-refractivity contribution in [3.63, 3.8) is 0 Å². The van der Waals surface area contributed by atoms with E-state index in [-0.39, 0.29) is 52.2 Å². The Hall–Kier alpha value is -7.46. The molecule has 0 bridgehead atoms. The van der Waals surface area contributed by atoms with Gasteiger partial charge in [-0.25, -0.2) is 10.3 Å². The van der Waals surface area contributed by atoms with Crippen LogP contribution >= 0.6 is 11.3 Å². The first-order valence-corrected chi connectivity index (χ1v) is 22.8. The fourth-order valence-electron chi connectivity index (χ4n) is 7.78. The Morgan fingerprint density at radius 2 is 1.59 bits per heavy atom. The third-order valence-corrected chi connectivity index (χ3v) is 13.3. The van der Waals surface area contributed by atoms with Crippen LogP contribution in [0.25, 0.3) is 10.1 Å². The lowest BCUT2D eigenvalue weighted by atomic mass is 10.1. The summed E-state index contributed by atoms with van der Waals surface area (Å²) in [5.41, 5.74) is 4.71. The lowest BCUT2D eigenvalue weighted by Crippen LogP contribution is -2.56. The zero-order valence-corrected chi connectivity index (χ0v) is 37.7. The van der Waals surface area contributed by atoms with E-state index in [4.69, 9.17) is 14.3 Å². The van der Waals surface area contributed by atoms with Crippen LogP contribution in [0.4, 0.5) is 33.2 Å². The van der Waals surface area contributed by atoms with Crippen LogP contribution in [0.5, 0.6) is 17.2 Å². The first-order valence-electron chi connectivity index (χ1n) is 20.4. The van der Waals surface area contributed by atoms with Crippen LogP contribution < -0.4 is 50.9 Å². The Kier molecular flexibility index (Phi) is 12.4. The number of methoxy groups -OCH3 is 1. The summed E-state index contributed by atoms with van der Waals surface area (Å²) in [5.74, 6) is -2.23. The number of aromatic nitrogens is 1. The van der Waals surface area contributed by atoms with Crippen molar-refractivity contribution < 1.29 is 51.3 Å². The molecule has 4 heterocycles. The smallest absolute Gasteiger partial charge is 0.421 e. The van der Waals surface area contributed by atoms with Crippen molar-refractivity contribution in [2.75, 3.05) is 40.1 Å². The standard InChI is InChI=1S/C45H44N8O11S2/c1-24(46-3)40(54)47-25(2)41(55)48-28-10-13-31(14-11-28)63-45(58)53-34-22-38(64-50-30-20-35(51(4)23-30)42(56)49-29-12-15-39-27(18-29)16-17-65-39)37(62-5)21-32(34)43(57)52-33-9-7-6-8-26(33)19-36(52)44(53)66(59,60)61/h6-18,20-25,36,44,46,50H,19H2,1-5H3,(H,47,54)(H,48,55)(H,49,56)(H,59,60,61)/t24-,25-,36+,44?/m1/s1. The van der Waals surface area contributed by atoms with Gasteiger partial charge >= 0.3 is 6.09 Å². The van der Waals surface area contributed by atoms with Gasteiger partial charge in [0.25, 0.3) is 21.9 Å². The molecule has 0 fully saturated rings. The normalized spacial score (nSPS) is 16.2. The number of nitrogens with zero attached hydrogens (tertiary/aromatic N) is 3. The largest absolute Gasteiger partial charge is 0.493 e. The van der Waals surface area contributed by atoms with E-state index in [1.807, 2.05) is 29.6 Å². The molecule has 1 unspecified atom stereocenters. The quantitative estimate of drug-likeness (QED) is 0.0597. The number of rotatable bonds is 13. The van der Waals surface area contributed by atoms with E-state index >= 15 is 0 Å². The monoisotopic (exact) mass is 936 g/mol. The van der Waals surface area contributed by atoms with Crippen molar-refractivity contribution in [1.82, 2.24) is 15.2 Å². The molecule has 8 rings (SSSR count). The van der Waals surface area contributed by atoms with E-state index in [1.54, 1.807) is 67.4 Å². The number of hydrogen-bond donors (Lipinski definition) is 6. The average molecular weight is 937 g/mol. The molecule has 4 atom stereocenters. The van der Waals surface area contributed by atoms with Gasteiger partial charge in [-0.3, -0.25) is 28.6 Å². The third kappa shape index (κ3) is 8.96. The lowest BCUT2D eigenvalue weighted by molar-refractivity contribution is -0.127. The summed E-state index contributed by atoms with van der Waals surface area (Å²) >= 11 is 1.59. The highest BCUT2D eigenvalue weighted by molar-refractivity contribution is 7.86. The van der Waals surface area contributed by atoms with Gasteiger partial charge in [0.15, 0.2) is 16.9 Å². The molecule has 0 saturated heterocycles. The van der Waals surface area contributed by atoms with Crippen molar-refractivity contribution in [2.45, 2.75) is 43.8 Å². The number of nitrogens with one attached hydrogen (secondary N) is 5. The van der Waals surface area contributed by atoms with E-state index < -0.39 is 57.4 Å². The van der Waals surface area contributed by atoms with E-state index in [0.717, 1.165) is 10.1 Å². The number of carbonyl (C=O) groups is 5. The van der Waals surface area contributed by atoms with Crippen LogP contribution in [-0.2, 0) is 33.2 Å². The van der Waals surface area contributed by atoms with Gasteiger partial charge in [0, 0.05) is 41.1 Å². The van der Waals surface area contributed by atoms with E-state index in [1.165, 1.54) is 61.4 Å². The summed E-state index contributed by atoms with van der Waals surface area (Å²) in [7, 11) is -0.621. The van der Waals surface area contributed by atoms with Crippen LogP contribution in [0.15, 0.2) is 103 Å². The van der Waals surface area contributed by atoms with E-state index in [0.29, 0.717) is 27.5 Å². The van der Waals surface area contributed by atoms with Gasteiger partial charge in [0.1, 0.15) is 17.5 Å². The number of aryl methyl sites for hydroxylation is 1. The number of anilines is 5. The van der Waals surface area contributed by atoms with Gasteiger partial charge in [-0.15, -0.1) is 11.3 Å². The number of fused-ring (bicyclic) bond motifs is 5. The summed E-state index contributed by atoms with van der Waals surface area (Å²) < 4.78 is 52.2. The Morgan fingerprint density at radius 3 is 2.32 bits per heavy atom. The van der Waals surface area contributed by atoms with E-state index in [2.05, 4.69) is 26.7 Å². The fourth-order valence-corrected chi connectivity index (χ4v) is 9.63. The molecule has 342 valence electrons. The fraction of sp³-hybridized carbons (Fsp3) is 0.222. The maximum atomic E-state index is 14.7. The molecule has 19 nitrogen and oxygen atoms in total. The van der Waals surface area contributed by atoms with Crippen LogP contribution in [0.3, 0.4) is 0 Å². The molecular formula is C45H44N8O11S2. The highest BCUT2D eigenvalue weighted by atomic mass is 32.2. The second kappa shape index (κ2) is 18.2. The maximum absolute atomic E-state index is 14.7. The SMILES string of the molecule is CN[C@H](C)C(=O)N[C@H](C)C(=O)Nc1ccc(OC(=O)N2c3cc(ONc4cc(C(=O)Nc5ccc6sccc6c5)n(C)c4)c(OC)cc3C(=O)N3c4ccccc4C[C@H]3C2S(=O)(=O)O)cc1. The van der Waals surface area contributed by atoms with Crippen LogP contribution in [0.2, 0.25) is 0 Å². The molecule has 0 saturated carbocycles. The van der Waals surface area contributed by atoms with Gasteiger partial charge in [-0.1, -0.05) is 18.2 Å². The van der Waals surface area contributed by atoms with Gasteiger partial charge < -0.3 is 45.0 Å². The Balaban J connectivity index is 1.09. The summed E-state index contributed by atoms with van der Waals surface area (Å²) in [6.45, 7) is 3.16. The lowest BCUT2D eigenvalue weighted by Gasteiger charge is -2.33. The predicted octanol–water partition coefficient (Wildman–Crippen LogP) is 5.76. The number of likely N-dealkylation sites (N-methyl/N-ethyl adjacent to an activating group) is 1. The topological polar surface area (TPSA) is 239 Å². The summed E-state index contributed by atoms with van der Waals surface area (Å²) in [6, 6.07) is 21.1. The van der Waals surface area contributed by atoms with Gasteiger partial charge in [-0.05, 0) is 110 Å². The molecule has 2 aliphatic rings. The van der Waals surface area contributed by atoms with Crippen LogP contribution in [0, 0.1) is 0 Å². The van der Waals surface area contributed by atoms with Crippen molar-refractivity contribution in [1.29, 1.82) is 0 Å². The average Bonchev–Trinajstić information content (AvgIpc) is 4.01. The zero-order valence-electron chi connectivity index (χ0n) is 36.0. The minimum atomic E-state index is -5.22. The second-order valence-corrected chi connectivity index (χ2v) is 18.0. The molecule has 0 spiro atoms. The van der Waals surface area contributed by atoms with E-state index in [9.17, 15) is 36.9 Å². The van der Waals surface area contributed by atoms with Crippen molar-refractivity contribution >= 4 is 89.7 Å². The molecule has 5 amide bonds. The molecule has 21 heteroatoms. The summed E-state index contributed by atoms with van der Waals surface area (Å²) in [6.07, 6.45) is 0.235. The predicted molar refractivity (Wildman–Crippen MR) is 248 cm³/mol. The van der Waals surface area contributed by atoms with Gasteiger partial charge in [0.05, 0.1) is 36.1 Å². The number of ether oxygens (including phenoxy) is 2. The highest BCUT2D eigenvalue weighted by Crippen LogP contribution is 2.45. The number of para-hydroxylation sites is 1. The number of thiophene rings is 1. The van der Waals surface area contributed by atoms with Crippen molar-refractivity contribution in [2.24, 2.45) is 7.05 Å². The number of amides is 5. The molecule has 2 aromatic heterocycles. The second-order valence-electron chi connectivity index (χ2n) is 15.5. The van der Waals surface area contributed by atoms with Crippen LogP contribution in [-0.4, -0.2) is 84.9 Å². The maximum Gasteiger partial charge on any atom is 0.421 e. The van der Waals surface area contributed by atoms with Crippen LogP contribution in [0.1, 0.15) is 40.3 Å². The summed E-state index contributed by atoms with van der Waals surface area (Å²) in [4.78, 5) is 75.6. The third-order valence-electron chi connectivity index (χ3n) is 11.2. The molecule has 4 aromatic carbocycles. The first kappa shape index (κ1) is 45.1. The Labute approximate surface area is 382 Å². The molecule has 0 radical (unpaired) electrons. The van der Waals surface area contributed by atoms with Gasteiger partial charge in [-0.2, -0.15) is 8.42 Å². The molecular weight excluding hydrogens is 893 g/mol. The number of hydrogen-bond acceptors (Lipinski definition) is 13. The number of carbonyl (C=O) groups excluding carboxylic acids is 5. The molecule has 2 aliphatic heterocycles. The highest BCUT2D eigenvalue weighted by Gasteiger charge is 2.53. The van der Waals surface area contributed by atoms with Gasteiger partial charge in [0.2, 0.25) is 11.8 Å².